The molecule has 0 aliphatic heterocycles. The van der Waals surface area contributed by atoms with Crippen molar-refractivity contribution in [1.82, 2.24) is 0 Å². The molecule has 4 rings (SSSR count). The minimum atomic E-state index is -0.0816. The quantitative estimate of drug-likeness (QED) is 0.752. The van der Waals surface area contributed by atoms with E-state index in [-0.39, 0.29) is 11.6 Å². The molecular formula is C21H22N2O2. The highest BCUT2D eigenvalue weighted by Crippen LogP contribution is 2.37. The third-order valence-electron chi connectivity index (χ3n) is 5.31. The van der Waals surface area contributed by atoms with E-state index >= 15 is 0 Å². The molecule has 2 aliphatic rings. The van der Waals surface area contributed by atoms with Crippen LogP contribution in [0.3, 0.4) is 0 Å². The Morgan fingerprint density at radius 3 is 1.96 bits per heavy atom. The summed E-state index contributed by atoms with van der Waals surface area (Å²) in [6.07, 6.45) is 5.93. The molecular weight excluding hydrogens is 312 g/mol. The van der Waals surface area contributed by atoms with Crippen molar-refractivity contribution in [3.05, 3.63) is 58.7 Å². The van der Waals surface area contributed by atoms with E-state index in [4.69, 9.17) is 0 Å². The van der Waals surface area contributed by atoms with Crippen LogP contribution >= 0.6 is 0 Å². The van der Waals surface area contributed by atoms with E-state index in [0.717, 1.165) is 18.5 Å². The maximum absolute atomic E-state index is 13.2. The van der Waals surface area contributed by atoms with Crippen LogP contribution in [0.1, 0.15) is 63.9 Å². The lowest BCUT2D eigenvalue weighted by Gasteiger charge is -2.28. The number of benzene rings is 2. The van der Waals surface area contributed by atoms with Crippen molar-refractivity contribution >= 4 is 22.9 Å². The van der Waals surface area contributed by atoms with Crippen LogP contribution in [0.4, 0.5) is 11.4 Å². The number of anilines is 2. The number of carbonyl (C=O) groups is 2. The second-order valence-electron chi connectivity index (χ2n) is 6.84. The van der Waals surface area contributed by atoms with Crippen LogP contribution in [-0.4, -0.2) is 24.7 Å². The molecule has 2 N–H and O–H groups in total. The summed E-state index contributed by atoms with van der Waals surface area (Å²) in [6, 6.07) is 11.3. The van der Waals surface area contributed by atoms with Crippen LogP contribution in [0.25, 0.3) is 0 Å². The Morgan fingerprint density at radius 1 is 0.800 bits per heavy atom. The number of hydrogen-bond donors (Lipinski definition) is 2. The van der Waals surface area contributed by atoms with E-state index in [1.54, 1.807) is 25.2 Å². The maximum Gasteiger partial charge on any atom is 0.196 e. The van der Waals surface area contributed by atoms with Gasteiger partial charge in [-0.3, -0.25) is 9.59 Å². The fourth-order valence-electron chi connectivity index (χ4n) is 4.02. The number of fused-ring (bicyclic) bond motifs is 2. The van der Waals surface area contributed by atoms with Crippen LogP contribution in [0.5, 0.6) is 0 Å². The zero-order chi connectivity index (χ0) is 17.4. The van der Waals surface area contributed by atoms with Gasteiger partial charge in [0.2, 0.25) is 0 Å². The lowest BCUT2D eigenvalue weighted by Crippen LogP contribution is -2.27. The first-order chi connectivity index (χ1) is 12.2. The molecule has 0 unspecified atom stereocenters. The molecule has 25 heavy (non-hydrogen) atoms. The van der Waals surface area contributed by atoms with Crippen molar-refractivity contribution in [3.8, 4) is 0 Å². The molecule has 1 saturated carbocycles. The fraction of sp³-hybridized carbons (Fsp3) is 0.333. The van der Waals surface area contributed by atoms with Gasteiger partial charge in [0, 0.05) is 35.6 Å². The van der Waals surface area contributed by atoms with Gasteiger partial charge in [-0.05, 0) is 25.0 Å². The summed E-state index contributed by atoms with van der Waals surface area (Å²) in [7, 11) is 1.78. The topological polar surface area (TPSA) is 58.2 Å². The fourth-order valence-corrected chi connectivity index (χ4v) is 4.02. The summed E-state index contributed by atoms with van der Waals surface area (Å²) in [5.41, 5.74) is 3.49. The second kappa shape index (κ2) is 6.36. The maximum atomic E-state index is 13.2. The van der Waals surface area contributed by atoms with Gasteiger partial charge in [0.05, 0.1) is 11.1 Å². The monoisotopic (exact) mass is 334 g/mol. The van der Waals surface area contributed by atoms with Gasteiger partial charge >= 0.3 is 0 Å². The van der Waals surface area contributed by atoms with Crippen molar-refractivity contribution in [2.24, 2.45) is 0 Å². The molecule has 0 saturated heterocycles. The molecule has 0 heterocycles. The third kappa shape index (κ3) is 2.62. The summed E-state index contributed by atoms with van der Waals surface area (Å²) < 4.78 is 0. The highest BCUT2D eigenvalue weighted by atomic mass is 16.1. The van der Waals surface area contributed by atoms with Gasteiger partial charge < -0.3 is 10.6 Å². The first-order valence-electron chi connectivity index (χ1n) is 9.00. The molecule has 4 nitrogen and oxygen atoms in total. The Morgan fingerprint density at radius 2 is 1.36 bits per heavy atom. The molecule has 128 valence electrons. The molecule has 0 amide bonds. The van der Waals surface area contributed by atoms with Crippen LogP contribution in [-0.2, 0) is 0 Å². The van der Waals surface area contributed by atoms with Gasteiger partial charge in [-0.1, -0.05) is 43.5 Å². The largest absolute Gasteiger partial charge is 0.388 e. The van der Waals surface area contributed by atoms with Crippen LogP contribution in [0, 0.1) is 0 Å². The van der Waals surface area contributed by atoms with Crippen LogP contribution in [0.15, 0.2) is 36.4 Å². The van der Waals surface area contributed by atoms with E-state index < -0.39 is 0 Å². The van der Waals surface area contributed by atoms with Gasteiger partial charge in [-0.2, -0.15) is 0 Å². The Hall–Kier alpha value is -2.62. The number of ketones is 2. The molecule has 0 atom stereocenters. The smallest absolute Gasteiger partial charge is 0.196 e. The Bertz CT molecular complexity index is 851. The van der Waals surface area contributed by atoms with Gasteiger partial charge in [0.15, 0.2) is 11.6 Å². The first kappa shape index (κ1) is 15.9. The summed E-state index contributed by atoms with van der Waals surface area (Å²) in [5.74, 6) is -0.151. The molecule has 4 heteroatoms. The Balaban J connectivity index is 1.84. The zero-order valence-corrected chi connectivity index (χ0v) is 14.4. The summed E-state index contributed by atoms with van der Waals surface area (Å²) in [6.45, 7) is 0. The highest BCUT2D eigenvalue weighted by molar-refractivity contribution is 6.31. The molecule has 2 aliphatic carbocycles. The molecule has 0 spiro atoms. The highest BCUT2D eigenvalue weighted by Gasteiger charge is 2.34. The van der Waals surface area contributed by atoms with E-state index in [0.29, 0.717) is 34.0 Å². The Labute approximate surface area is 147 Å². The van der Waals surface area contributed by atoms with Crippen molar-refractivity contribution < 1.29 is 9.59 Å². The predicted molar refractivity (Wildman–Crippen MR) is 99.8 cm³/mol. The van der Waals surface area contributed by atoms with Crippen LogP contribution < -0.4 is 10.6 Å². The Kier molecular flexibility index (Phi) is 4.04. The summed E-state index contributed by atoms with van der Waals surface area (Å²) >= 11 is 0. The number of rotatable bonds is 3. The predicted octanol–water partition coefficient (Wildman–Crippen LogP) is 4.25. The van der Waals surface area contributed by atoms with E-state index in [9.17, 15) is 9.59 Å². The van der Waals surface area contributed by atoms with Crippen molar-refractivity contribution in [3.63, 3.8) is 0 Å². The lowest BCUT2D eigenvalue weighted by molar-refractivity contribution is 0.0980. The molecule has 2 aromatic rings. The summed E-state index contributed by atoms with van der Waals surface area (Å²) in [4.78, 5) is 26.2. The second-order valence-corrected chi connectivity index (χ2v) is 6.84. The zero-order valence-electron chi connectivity index (χ0n) is 14.4. The number of hydrogen-bond acceptors (Lipinski definition) is 4. The average molecular weight is 334 g/mol. The van der Waals surface area contributed by atoms with E-state index in [1.807, 2.05) is 18.2 Å². The first-order valence-corrected chi connectivity index (χ1v) is 9.00. The normalized spacial score (nSPS) is 17.0. The average Bonchev–Trinajstić information content (AvgIpc) is 2.66. The molecule has 0 radical (unpaired) electrons. The number of carbonyl (C=O) groups excluding carboxylic acids is 2. The lowest BCUT2D eigenvalue weighted by atomic mass is 9.82. The van der Waals surface area contributed by atoms with Crippen molar-refractivity contribution in [1.29, 1.82) is 0 Å². The van der Waals surface area contributed by atoms with Crippen LogP contribution in [0.2, 0.25) is 0 Å². The molecule has 0 aromatic heterocycles. The van der Waals surface area contributed by atoms with E-state index in [2.05, 4.69) is 10.6 Å². The van der Waals surface area contributed by atoms with Gasteiger partial charge in [-0.15, -0.1) is 0 Å². The molecule has 0 bridgehead atoms. The van der Waals surface area contributed by atoms with Gasteiger partial charge in [0.1, 0.15) is 0 Å². The molecule has 1 fully saturated rings. The summed E-state index contributed by atoms with van der Waals surface area (Å²) in [5, 5.41) is 6.61. The third-order valence-corrected chi connectivity index (χ3v) is 5.31. The minimum absolute atomic E-state index is 0.0689. The number of nitrogens with one attached hydrogen (secondary N) is 2. The SMILES string of the molecule is CNc1ccc(NC2CCCCC2)c2c1C(=O)c1ccccc1C2=O. The van der Waals surface area contributed by atoms with Gasteiger partial charge in [0.25, 0.3) is 0 Å². The van der Waals surface area contributed by atoms with E-state index in [1.165, 1.54) is 19.3 Å². The standard InChI is InChI=1S/C21H22N2O2/c1-22-16-11-12-17(23-13-7-3-2-4-8-13)19-18(16)20(24)14-9-5-6-10-15(14)21(19)25/h5-6,9-13,22-23H,2-4,7-8H2,1H3. The molecule has 2 aromatic carbocycles. The van der Waals surface area contributed by atoms with Crippen molar-refractivity contribution in [2.75, 3.05) is 17.7 Å². The van der Waals surface area contributed by atoms with Gasteiger partial charge in [-0.25, -0.2) is 0 Å². The minimum Gasteiger partial charge on any atom is -0.388 e. The van der Waals surface area contributed by atoms with Crippen molar-refractivity contribution in [2.45, 2.75) is 38.1 Å².